The molecule has 0 aliphatic carbocycles. The summed E-state index contributed by atoms with van der Waals surface area (Å²) in [6.07, 6.45) is 0. The molecular weight excluding hydrogens is 417 g/mol. The number of rotatable bonds is 4. The first kappa shape index (κ1) is 19.1. The van der Waals surface area contributed by atoms with E-state index in [0.717, 1.165) is 54.2 Å². The highest BCUT2D eigenvalue weighted by molar-refractivity contribution is 5.58. The number of aryl methyl sites for hydroxylation is 1. The second-order valence-corrected chi connectivity index (χ2v) is 6.51. The van der Waals surface area contributed by atoms with Gasteiger partial charge in [0.15, 0.2) is 0 Å². The molecular formula is C18H24IN3O2. The van der Waals surface area contributed by atoms with Crippen molar-refractivity contribution in [2.45, 2.75) is 13.5 Å². The van der Waals surface area contributed by atoms with Gasteiger partial charge in [-0.15, -0.1) is 0 Å². The smallest absolute Gasteiger partial charge is 0.269 e. The molecule has 0 amide bonds. The van der Waals surface area contributed by atoms with E-state index in [2.05, 4.69) is 12.1 Å². The molecule has 1 aliphatic heterocycles. The average molecular weight is 441 g/mol. The van der Waals surface area contributed by atoms with Crippen molar-refractivity contribution in [3.05, 3.63) is 52.3 Å². The van der Waals surface area contributed by atoms with Gasteiger partial charge in [-0.25, -0.2) is 4.68 Å². The molecule has 1 fully saturated rings. The van der Waals surface area contributed by atoms with Gasteiger partial charge in [0.25, 0.3) is 5.56 Å². The van der Waals surface area contributed by atoms with Gasteiger partial charge in [0, 0.05) is 11.1 Å². The Morgan fingerprint density at radius 1 is 1.21 bits per heavy atom. The maximum absolute atomic E-state index is 12.4. The Morgan fingerprint density at radius 3 is 2.54 bits per heavy atom. The summed E-state index contributed by atoms with van der Waals surface area (Å²) in [4.78, 5) is 12.4. The number of likely N-dealkylation sites (N-methyl/N-ethyl adjacent to an activating group) is 1. The molecule has 3 rings (SSSR count). The van der Waals surface area contributed by atoms with Gasteiger partial charge in [-0.3, -0.25) is 4.79 Å². The summed E-state index contributed by atoms with van der Waals surface area (Å²) in [6.45, 7) is 6.96. The van der Waals surface area contributed by atoms with Gasteiger partial charge in [-0.2, -0.15) is 5.10 Å². The largest absolute Gasteiger partial charge is 1.00 e. The molecule has 0 unspecified atom stereocenters. The fourth-order valence-corrected chi connectivity index (χ4v) is 2.92. The van der Waals surface area contributed by atoms with Crippen LogP contribution in [0.15, 0.2) is 41.2 Å². The fourth-order valence-electron chi connectivity index (χ4n) is 2.92. The first-order valence-electron chi connectivity index (χ1n) is 8.13. The molecule has 1 aromatic heterocycles. The van der Waals surface area contributed by atoms with Crippen molar-refractivity contribution in [1.29, 1.82) is 0 Å². The van der Waals surface area contributed by atoms with Crippen LogP contribution in [0.1, 0.15) is 5.56 Å². The van der Waals surface area contributed by atoms with E-state index < -0.39 is 0 Å². The molecule has 130 valence electrons. The highest BCUT2D eigenvalue weighted by Gasteiger charge is 2.25. The molecule has 6 heteroatoms. The minimum atomic E-state index is 0. The number of aromatic nitrogens is 2. The Morgan fingerprint density at radius 2 is 1.88 bits per heavy atom. The molecule has 1 saturated heterocycles. The minimum absolute atomic E-state index is 0. The maximum Gasteiger partial charge on any atom is 0.269 e. The normalized spacial score (nSPS) is 16.4. The van der Waals surface area contributed by atoms with E-state index >= 15 is 0 Å². The quantitative estimate of drug-likeness (QED) is 0.438. The van der Waals surface area contributed by atoms with Crippen molar-refractivity contribution in [3.8, 4) is 11.3 Å². The highest BCUT2D eigenvalue weighted by atomic mass is 127. The molecule has 1 aromatic carbocycles. The van der Waals surface area contributed by atoms with Crippen LogP contribution >= 0.6 is 0 Å². The third-order valence-electron chi connectivity index (χ3n) is 4.63. The Labute approximate surface area is 159 Å². The van der Waals surface area contributed by atoms with E-state index in [0.29, 0.717) is 6.54 Å². The van der Waals surface area contributed by atoms with Crippen LogP contribution in [-0.4, -0.2) is 54.2 Å². The summed E-state index contributed by atoms with van der Waals surface area (Å²) in [6, 6.07) is 11.9. The number of morpholine rings is 1. The van der Waals surface area contributed by atoms with Crippen molar-refractivity contribution in [2.24, 2.45) is 0 Å². The highest BCUT2D eigenvalue weighted by Crippen LogP contribution is 2.15. The van der Waals surface area contributed by atoms with E-state index in [-0.39, 0.29) is 29.5 Å². The summed E-state index contributed by atoms with van der Waals surface area (Å²) in [5.41, 5.74) is 2.64. The lowest BCUT2D eigenvalue weighted by atomic mass is 10.1. The van der Waals surface area contributed by atoms with Crippen LogP contribution < -0.4 is 29.5 Å². The van der Waals surface area contributed by atoms with Crippen LogP contribution in [-0.2, 0) is 11.3 Å². The summed E-state index contributed by atoms with van der Waals surface area (Å²) in [5.74, 6) is 0. The molecule has 2 heterocycles. The van der Waals surface area contributed by atoms with Gasteiger partial charge in [-0.1, -0.05) is 30.3 Å². The lowest BCUT2D eigenvalue weighted by Crippen LogP contribution is -3.00. The molecule has 1 aliphatic rings. The number of quaternary nitrogens is 1. The molecule has 2 aromatic rings. The van der Waals surface area contributed by atoms with E-state index in [1.165, 1.54) is 0 Å². The zero-order valence-corrected chi connectivity index (χ0v) is 16.4. The fraction of sp³-hybridized carbons (Fsp3) is 0.444. The van der Waals surface area contributed by atoms with Crippen molar-refractivity contribution >= 4 is 0 Å². The number of nitrogens with zero attached hydrogens (tertiary/aromatic N) is 3. The van der Waals surface area contributed by atoms with Crippen LogP contribution in [0.2, 0.25) is 0 Å². The van der Waals surface area contributed by atoms with E-state index in [9.17, 15) is 4.79 Å². The molecule has 0 saturated carbocycles. The molecule has 0 spiro atoms. The molecule has 24 heavy (non-hydrogen) atoms. The number of benzene rings is 1. The molecule has 0 atom stereocenters. The van der Waals surface area contributed by atoms with Crippen molar-refractivity contribution in [3.63, 3.8) is 0 Å². The Kier molecular flexibility index (Phi) is 6.54. The number of ether oxygens (including phenoxy) is 1. The topological polar surface area (TPSA) is 44.1 Å². The predicted molar refractivity (Wildman–Crippen MR) is 90.3 cm³/mol. The number of hydrogen-bond acceptors (Lipinski definition) is 3. The Balaban J connectivity index is 0.00000208. The SMILES string of the molecule is Cc1cc(-c2ccccc2)nn(CC[N+]2(C)CCOCC2)c1=O.[I-]. The van der Waals surface area contributed by atoms with Crippen molar-refractivity contribution in [1.82, 2.24) is 9.78 Å². The average Bonchev–Trinajstić information content (AvgIpc) is 2.57. The summed E-state index contributed by atoms with van der Waals surface area (Å²) >= 11 is 0. The molecule has 0 N–H and O–H groups in total. The maximum atomic E-state index is 12.4. The molecule has 5 nitrogen and oxygen atoms in total. The zero-order valence-electron chi connectivity index (χ0n) is 14.2. The van der Waals surface area contributed by atoms with Gasteiger partial charge in [0.2, 0.25) is 0 Å². The Bertz CT molecular complexity index is 725. The summed E-state index contributed by atoms with van der Waals surface area (Å²) in [5, 5.41) is 4.58. The third-order valence-corrected chi connectivity index (χ3v) is 4.63. The first-order valence-corrected chi connectivity index (χ1v) is 8.13. The lowest BCUT2D eigenvalue weighted by molar-refractivity contribution is -0.917. The van der Waals surface area contributed by atoms with Crippen LogP contribution in [0.5, 0.6) is 0 Å². The Hall–Kier alpha value is -1.25. The van der Waals surface area contributed by atoms with E-state index in [1.807, 2.05) is 43.3 Å². The number of halogens is 1. The van der Waals surface area contributed by atoms with Crippen molar-refractivity contribution < 1.29 is 33.2 Å². The minimum Gasteiger partial charge on any atom is -1.00 e. The predicted octanol–water partition coefficient (Wildman–Crippen LogP) is -1.30. The van der Waals surface area contributed by atoms with Crippen LogP contribution in [0.4, 0.5) is 0 Å². The number of hydrogen-bond donors (Lipinski definition) is 0. The monoisotopic (exact) mass is 441 g/mol. The first-order chi connectivity index (χ1) is 11.1. The van der Waals surface area contributed by atoms with E-state index in [1.54, 1.807) is 4.68 Å². The molecule has 0 bridgehead atoms. The van der Waals surface area contributed by atoms with Crippen molar-refractivity contribution in [2.75, 3.05) is 39.9 Å². The summed E-state index contributed by atoms with van der Waals surface area (Å²) < 4.78 is 7.99. The van der Waals surface area contributed by atoms with Gasteiger partial charge in [0.1, 0.15) is 13.1 Å². The lowest BCUT2D eigenvalue weighted by Gasteiger charge is -2.37. The van der Waals surface area contributed by atoms with Gasteiger partial charge >= 0.3 is 0 Å². The zero-order chi connectivity index (χ0) is 16.3. The van der Waals surface area contributed by atoms with Crippen LogP contribution in [0.3, 0.4) is 0 Å². The second kappa shape index (κ2) is 8.22. The van der Waals surface area contributed by atoms with Gasteiger partial charge in [0.05, 0.1) is 39.0 Å². The van der Waals surface area contributed by atoms with Crippen LogP contribution in [0, 0.1) is 6.92 Å². The second-order valence-electron chi connectivity index (χ2n) is 6.51. The van der Waals surface area contributed by atoms with Gasteiger partial charge in [-0.05, 0) is 13.0 Å². The standard InChI is InChI=1S/C18H24N3O2.HI/c1-15-14-17(16-6-4-3-5-7-16)19-20(18(15)22)8-9-21(2)10-12-23-13-11-21;/h3-7,14H,8-13H2,1-2H3;1H/q+1;/p-1. The van der Waals surface area contributed by atoms with E-state index in [4.69, 9.17) is 4.74 Å². The molecule has 0 radical (unpaired) electrons. The van der Waals surface area contributed by atoms with Crippen LogP contribution in [0.25, 0.3) is 11.3 Å². The third kappa shape index (κ3) is 4.43. The summed E-state index contributed by atoms with van der Waals surface area (Å²) in [7, 11) is 2.22. The van der Waals surface area contributed by atoms with Gasteiger partial charge < -0.3 is 33.2 Å².